The fraction of sp³-hybridized carbons (Fsp3) is 0.600. The van der Waals surface area contributed by atoms with Crippen LogP contribution in [0.2, 0.25) is 0 Å². The Morgan fingerprint density at radius 3 is 2.58 bits per heavy atom. The molecule has 2 heteroatoms. The Balaban J connectivity index is 3.75. The van der Waals surface area contributed by atoms with E-state index in [1.807, 2.05) is 25.4 Å². The SMILES string of the molecule is CC/C=C/CC([C+]=O)CC(C)=O. The fourth-order valence-corrected chi connectivity index (χ4v) is 0.947. The van der Waals surface area contributed by atoms with Gasteiger partial charge in [0.15, 0.2) is 0 Å². The van der Waals surface area contributed by atoms with Crippen LogP contribution in [0.15, 0.2) is 12.2 Å². The first kappa shape index (κ1) is 11.0. The molecule has 0 aromatic rings. The average Bonchev–Trinajstić information content (AvgIpc) is 2.02. The van der Waals surface area contributed by atoms with Gasteiger partial charge >= 0.3 is 6.29 Å². The third-order valence-electron chi connectivity index (χ3n) is 1.52. The largest absolute Gasteiger partial charge is 0.510 e. The van der Waals surface area contributed by atoms with Gasteiger partial charge in [0.2, 0.25) is 5.92 Å². The molecule has 0 aliphatic rings. The Labute approximate surface area is 73.7 Å². The monoisotopic (exact) mass is 167 g/mol. The zero-order valence-corrected chi connectivity index (χ0v) is 7.67. The number of hydrogen-bond acceptors (Lipinski definition) is 2. The van der Waals surface area contributed by atoms with E-state index < -0.39 is 0 Å². The van der Waals surface area contributed by atoms with E-state index in [1.54, 1.807) is 0 Å². The lowest BCUT2D eigenvalue weighted by atomic mass is 10.0. The summed E-state index contributed by atoms with van der Waals surface area (Å²) in [4.78, 5) is 21.0. The fourth-order valence-electron chi connectivity index (χ4n) is 0.947. The number of hydrogen-bond donors (Lipinski definition) is 0. The smallest absolute Gasteiger partial charge is 0.300 e. The lowest BCUT2D eigenvalue weighted by Gasteiger charge is -1.91. The molecule has 0 spiro atoms. The van der Waals surface area contributed by atoms with Gasteiger partial charge in [-0.05, 0) is 13.3 Å². The highest BCUT2D eigenvalue weighted by Crippen LogP contribution is 2.06. The minimum atomic E-state index is -0.245. The number of rotatable bonds is 6. The van der Waals surface area contributed by atoms with Gasteiger partial charge in [0.25, 0.3) is 0 Å². The van der Waals surface area contributed by atoms with Crippen molar-refractivity contribution in [3.63, 3.8) is 0 Å². The van der Waals surface area contributed by atoms with Crippen LogP contribution < -0.4 is 0 Å². The molecule has 0 heterocycles. The highest BCUT2D eigenvalue weighted by atomic mass is 16.1. The Morgan fingerprint density at radius 1 is 1.50 bits per heavy atom. The van der Waals surface area contributed by atoms with Crippen LogP contribution in [0.1, 0.15) is 33.1 Å². The van der Waals surface area contributed by atoms with Crippen LogP contribution in [0.25, 0.3) is 0 Å². The van der Waals surface area contributed by atoms with Crippen molar-refractivity contribution in [2.24, 2.45) is 5.92 Å². The summed E-state index contributed by atoms with van der Waals surface area (Å²) >= 11 is 0. The molecule has 0 bridgehead atoms. The van der Waals surface area contributed by atoms with Gasteiger partial charge in [-0.3, -0.25) is 4.79 Å². The molecular formula is C10H15O2+. The van der Waals surface area contributed by atoms with Crippen LogP contribution in [0, 0.1) is 5.92 Å². The van der Waals surface area contributed by atoms with Crippen LogP contribution in [-0.2, 0) is 9.59 Å². The van der Waals surface area contributed by atoms with Gasteiger partial charge in [-0.1, -0.05) is 19.1 Å². The maximum absolute atomic E-state index is 10.6. The van der Waals surface area contributed by atoms with E-state index in [9.17, 15) is 9.59 Å². The molecule has 0 aliphatic heterocycles. The Morgan fingerprint density at radius 2 is 2.17 bits per heavy atom. The Kier molecular flexibility index (Phi) is 6.12. The van der Waals surface area contributed by atoms with Crippen LogP contribution in [0.4, 0.5) is 0 Å². The average molecular weight is 167 g/mol. The highest BCUT2D eigenvalue weighted by Gasteiger charge is 2.21. The van der Waals surface area contributed by atoms with Crippen molar-refractivity contribution in [1.82, 2.24) is 0 Å². The normalized spacial score (nSPS) is 12.8. The summed E-state index contributed by atoms with van der Waals surface area (Å²) < 4.78 is 0. The zero-order chi connectivity index (χ0) is 9.40. The molecule has 1 atom stereocenters. The maximum atomic E-state index is 10.6. The number of allylic oxidation sites excluding steroid dienone is 2. The van der Waals surface area contributed by atoms with E-state index in [1.165, 1.54) is 6.92 Å². The molecule has 0 amide bonds. The molecule has 2 nitrogen and oxygen atoms in total. The molecule has 12 heavy (non-hydrogen) atoms. The third-order valence-corrected chi connectivity index (χ3v) is 1.52. The molecule has 0 saturated carbocycles. The second-order valence-corrected chi connectivity index (χ2v) is 2.84. The maximum Gasteiger partial charge on any atom is 0.510 e. The first-order valence-electron chi connectivity index (χ1n) is 4.22. The molecule has 0 radical (unpaired) electrons. The standard InChI is InChI=1S/C10H15O2/c1-3-4-5-6-10(8-11)7-9(2)12/h4-5,10H,3,6-7H2,1-2H3/q+1/b5-4+. The quantitative estimate of drug-likeness (QED) is 0.448. The van der Waals surface area contributed by atoms with Crippen molar-refractivity contribution in [1.29, 1.82) is 0 Å². The summed E-state index contributed by atoms with van der Waals surface area (Å²) in [7, 11) is 0. The molecular weight excluding hydrogens is 152 g/mol. The molecule has 0 fully saturated rings. The molecule has 0 saturated heterocycles. The van der Waals surface area contributed by atoms with Gasteiger partial charge in [-0.2, -0.15) is 0 Å². The molecule has 1 unspecified atom stereocenters. The second kappa shape index (κ2) is 6.68. The van der Waals surface area contributed by atoms with Gasteiger partial charge in [0, 0.05) is 11.2 Å². The van der Waals surface area contributed by atoms with E-state index in [4.69, 9.17) is 0 Å². The minimum Gasteiger partial charge on any atom is -0.300 e. The summed E-state index contributed by atoms with van der Waals surface area (Å²) in [6, 6.07) is 0. The highest BCUT2D eigenvalue weighted by molar-refractivity contribution is 5.78. The summed E-state index contributed by atoms with van der Waals surface area (Å²) in [5.74, 6) is -0.196. The van der Waals surface area contributed by atoms with Gasteiger partial charge in [-0.15, -0.1) is 0 Å². The Hall–Kier alpha value is -1.01. The molecule has 0 N–H and O–H groups in total. The van der Waals surface area contributed by atoms with Crippen LogP contribution in [0.5, 0.6) is 0 Å². The lowest BCUT2D eigenvalue weighted by Crippen LogP contribution is -2.05. The van der Waals surface area contributed by atoms with Crippen molar-refractivity contribution in [3.8, 4) is 0 Å². The Bertz CT molecular complexity index is 171. The number of carbonyl (C=O) groups excluding carboxylic acids is 2. The molecule has 0 aromatic heterocycles. The van der Waals surface area contributed by atoms with Crippen molar-refractivity contribution < 1.29 is 9.59 Å². The lowest BCUT2D eigenvalue weighted by molar-refractivity contribution is -0.117. The van der Waals surface area contributed by atoms with E-state index in [2.05, 4.69) is 0 Å². The van der Waals surface area contributed by atoms with E-state index in [-0.39, 0.29) is 11.7 Å². The summed E-state index contributed by atoms with van der Waals surface area (Å²) in [5.41, 5.74) is 0. The van der Waals surface area contributed by atoms with Crippen molar-refractivity contribution >= 4 is 12.1 Å². The first-order chi connectivity index (χ1) is 5.70. The number of carbonyl (C=O) groups is 1. The number of Topliss-reactive ketones (excluding diaryl/α,β-unsaturated/α-hetero) is 1. The van der Waals surface area contributed by atoms with E-state index in [0.29, 0.717) is 12.8 Å². The summed E-state index contributed by atoms with van der Waals surface area (Å²) in [5, 5.41) is 0. The first-order valence-corrected chi connectivity index (χ1v) is 4.22. The van der Waals surface area contributed by atoms with E-state index >= 15 is 0 Å². The van der Waals surface area contributed by atoms with Gasteiger partial charge in [0.1, 0.15) is 5.78 Å². The van der Waals surface area contributed by atoms with Gasteiger partial charge in [-0.25, -0.2) is 0 Å². The number of ketones is 1. The molecule has 0 aromatic carbocycles. The second-order valence-electron chi connectivity index (χ2n) is 2.84. The van der Waals surface area contributed by atoms with E-state index in [0.717, 1.165) is 6.42 Å². The van der Waals surface area contributed by atoms with Crippen LogP contribution in [0.3, 0.4) is 0 Å². The minimum absolute atomic E-state index is 0.0493. The van der Waals surface area contributed by atoms with Crippen LogP contribution >= 0.6 is 0 Å². The third kappa shape index (κ3) is 5.75. The summed E-state index contributed by atoms with van der Waals surface area (Å²) in [6.45, 7) is 3.52. The molecule has 66 valence electrons. The van der Waals surface area contributed by atoms with Crippen molar-refractivity contribution in [2.45, 2.75) is 33.1 Å². The van der Waals surface area contributed by atoms with Crippen LogP contribution in [-0.4, -0.2) is 12.1 Å². The predicted molar refractivity (Wildman–Crippen MR) is 48.5 cm³/mol. The van der Waals surface area contributed by atoms with Crippen molar-refractivity contribution in [3.05, 3.63) is 12.2 Å². The summed E-state index contributed by atoms with van der Waals surface area (Å²) in [6.07, 6.45) is 7.71. The zero-order valence-electron chi connectivity index (χ0n) is 7.67. The predicted octanol–water partition coefficient (Wildman–Crippen LogP) is 2.05. The molecule has 0 rings (SSSR count). The van der Waals surface area contributed by atoms with Gasteiger partial charge < -0.3 is 0 Å². The topological polar surface area (TPSA) is 34.1 Å². The molecule has 0 aliphatic carbocycles. The van der Waals surface area contributed by atoms with Crippen molar-refractivity contribution in [2.75, 3.05) is 0 Å². The van der Waals surface area contributed by atoms with Gasteiger partial charge in [0.05, 0.1) is 6.42 Å².